The Morgan fingerprint density at radius 2 is 1.73 bits per heavy atom. The zero-order valence-corrected chi connectivity index (χ0v) is 13.8. The minimum absolute atomic E-state index is 0.170. The molecule has 0 spiro atoms. The summed E-state index contributed by atoms with van der Waals surface area (Å²) < 4.78 is 26.8. The van der Waals surface area contributed by atoms with Crippen LogP contribution in [0.1, 0.15) is 50.5 Å². The summed E-state index contributed by atoms with van der Waals surface area (Å²) in [7, 11) is -3.51. The Bertz CT molecular complexity index is 590. The first-order chi connectivity index (χ1) is 10.5. The first kappa shape index (κ1) is 17.0. The van der Waals surface area contributed by atoms with Crippen molar-refractivity contribution in [2.75, 3.05) is 13.1 Å². The van der Waals surface area contributed by atoms with Crippen molar-refractivity contribution in [1.82, 2.24) is 10.0 Å². The number of carbonyl (C=O) groups excluding carboxylic acids is 1. The molecule has 0 radical (unpaired) electrons. The topological polar surface area (TPSA) is 75.3 Å². The monoisotopic (exact) mass is 324 g/mol. The third-order valence-electron chi connectivity index (χ3n) is 4.06. The molecule has 22 heavy (non-hydrogen) atoms. The SMILES string of the molecule is CC(=O)NCCNS(=O)(=O)c1ccc(C2CCCCC2)cc1. The van der Waals surface area contributed by atoms with Gasteiger partial charge in [-0.3, -0.25) is 4.79 Å². The molecule has 0 aromatic heterocycles. The Morgan fingerprint density at radius 3 is 2.32 bits per heavy atom. The minimum atomic E-state index is -3.51. The number of benzene rings is 1. The van der Waals surface area contributed by atoms with Gasteiger partial charge in [0.05, 0.1) is 4.90 Å². The zero-order chi connectivity index (χ0) is 16.0. The van der Waals surface area contributed by atoms with Crippen molar-refractivity contribution in [3.8, 4) is 0 Å². The van der Waals surface area contributed by atoms with Crippen LogP contribution in [0, 0.1) is 0 Å². The molecule has 0 bridgehead atoms. The average Bonchev–Trinajstić information content (AvgIpc) is 2.52. The van der Waals surface area contributed by atoms with E-state index in [9.17, 15) is 13.2 Å². The van der Waals surface area contributed by atoms with Crippen LogP contribution in [-0.4, -0.2) is 27.4 Å². The van der Waals surface area contributed by atoms with Crippen molar-refractivity contribution in [2.24, 2.45) is 0 Å². The Balaban J connectivity index is 1.94. The van der Waals surface area contributed by atoms with Crippen LogP contribution in [0.5, 0.6) is 0 Å². The third kappa shape index (κ3) is 4.81. The van der Waals surface area contributed by atoms with Crippen molar-refractivity contribution >= 4 is 15.9 Å². The normalized spacial score (nSPS) is 16.4. The van der Waals surface area contributed by atoms with Crippen molar-refractivity contribution in [3.63, 3.8) is 0 Å². The first-order valence-electron chi connectivity index (χ1n) is 7.83. The van der Waals surface area contributed by atoms with Gasteiger partial charge in [-0.25, -0.2) is 13.1 Å². The summed E-state index contributed by atoms with van der Waals surface area (Å²) in [5, 5.41) is 2.56. The van der Waals surface area contributed by atoms with Crippen LogP contribution >= 0.6 is 0 Å². The predicted molar refractivity (Wildman–Crippen MR) is 86.1 cm³/mol. The highest BCUT2D eigenvalue weighted by Crippen LogP contribution is 2.32. The number of amides is 1. The van der Waals surface area contributed by atoms with E-state index in [1.54, 1.807) is 12.1 Å². The zero-order valence-electron chi connectivity index (χ0n) is 13.0. The van der Waals surface area contributed by atoms with Gasteiger partial charge in [-0.05, 0) is 36.5 Å². The summed E-state index contributed by atoms with van der Waals surface area (Å²) in [5.41, 5.74) is 1.23. The number of rotatable bonds is 6. The minimum Gasteiger partial charge on any atom is -0.355 e. The van der Waals surface area contributed by atoms with Crippen LogP contribution in [0.4, 0.5) is 0 Å². The van der Waals surface area contributed by atoms with Gasteiger partial charge < -0.3 is 5.32 Å². The molecular weight excluding hydrogens is 300 g/mol. The van der Waals surface area contributed by atoms with Gasteiger partial charge in [0.2, 0.25) is 15.9 Å². The van der Waals surface area contributed by atoms with Gasteiger partial charge in [0.15, 0.2) is 0 Å². The summed E-state index contributed by atoms with van der Waals surface area (Å²) in [6.07, 6.45) is 6.22. The maximum atomic E-state index is 12.1. The Hall–Kier alpha value is -1.40. The molecule has 2 N–H and O–H groups in total. The van der Waals surface area contributed by atoms with Gasteiger partial charge in [0.25, 0.3) is 0 Å². The summed E-state index contributed by atoms with van der Waals surface area (Å²) in [4.78, 5) is 11.0. The molecule has 1 fully saturated rings. The van der Waals surface area contributed by atoms with Crippen LogP contribution in [0.15, 0.2) is 29.2 Å². The Labute approximate surface area is 132 Å². The molecule has 1 saturated carbocycles. The van der Waals surface area contributed by atoms with E-state index >= 15 is 0 Å². The Kier molecular flexibility index (Phi) is 5.97. The Morgan fingerprint density at radius 1 is 1.09 bits per heavy atom. The predicted octanol–water partition coefficient (Wildman–Crippen LogP) is 2.15. The molecule has 0 saturated heterocycles. The van der Waals surface area contributed by atoms with Gasteiger partial charge in [-0.2, -0.15) is 0 Å². The molecule has 1 aliphatic rings. The van der Waals surface area contributed by atoms with Gasteiger partial charge >= 0.3 is 0 Å². The maximum Gasteiger partial charge on any atom is 0.240 e. The van der Waals surface area contributed by atoms with Crippen molar-refractivity contribution < 1.29 is 13.2 Å². The van der Waals surface area contributed by atoms with E-state index in [1.165, 1.54) is 44.6 Å². The number of hydrogen-bond donors (Lipinski definition) is 2. The smallest absolute Gasteiger partial charge is 0.240 e. The van der Waals surface area contributed by atoms with Gasteiger partial charge in [0, 0.05) is 20.0 Å². The highest BCUT2D eigenvalue weighted by Gasteiger charge is 2.17. The van der Waals surface area contributed by atoms with Crippen molar-refractivity contribution in [2.45, 2.75) is 49.8 Å². The fourth-order valence-electron chi connectivity index (χ4n) is 2.86. The fraction of sp³-hybridized carbons (Fsp3) is 0.562. The average molecular weight is 324 g/mol. The van der Waals surface area contributed by atoms with Gasteiger partial charge in [-0.15, -0.1) is 0 Å². The molecule has 5 nitrogen and oxygen atoms in total. The van der Waals surface area contributed by atoms with E-state index in [-0.39, 0.29) is 23.9 Å². The van der Waals surface area contributed by atoms with E-state index in [4.69, 9.17) is 0 Å². The fourth-order valence-corrected chi connectivity index (χ4v) is 3.89. The molecule has 1 aromatic carbocycles. The summed E-state index contributed by atoms with van der Waals surface area (Å²) in [5.74, 6) is 0.397. The molecule has 1 aromatic rings. The molecular formula is C16H24N2O3S. The quantitative estimate of drug-likeness (QED) is 0.787. The van der Waals surface area contributed by atoms with E-state index in [0.29, 0.717) is 5.92 Å². The van der Waals surface area contributed by atoms with E-state index in [0.717, 1.165) is 0 Å². The first-order valence-corrected chi connectivity index (χ1v) is 9.31. The number of hydrogen-bond acceptors (Lipinski definition) is 3. The number of carbonyl (C=O) groups is 1. The standard InChI is InChI=1S/C16H24N2O3S/c1-13(19)17-11-12-18-22(20,21)16-9-7-15(8-10-16)14-5-3-2-4-6-14/h7-10,14,18H,2-6,11-12H2,1H3,(H,17,19). The maximum absolute atomic E-state index is 12.1. The highest BCUT2D eigenvalue weighted by molar-refractivity contribution is 7.89. The molecule has 1 aliphatic carbocycles. The molecule has 0 heterocycles. The summed E-state index contributed by atoms with van der Waals surface area (Å²) in [6, 6.07) is 7.20. The second-order valence-electron chi connectivity index (χ2n) is 5.78. The lowest BCUT2D eigenvalue weighted by molar-refractivity contribution is -0.118. The lowest BCUT2D eigenvalue weighted by atomic mass is 9.84. The molecule has 6 heteroatoms. The van der Waals surface area contributed by atoms with E-state index in [1.807, 2.05) is 12.1 Å². The molecule has 2 rings (SSSR count). The van der Waals surface area contributed by atoms with Gasteiger partial charge in [0.1, 0.15) is 0 Å². The van der Waals surface area contributed by atoms with Crippen LogP contribution in [0.25, 0.3) is 0 Å². The third-order valence-corrected chi connectivity index (χ3v) is 5.53. The van der Waals surface area contributed by atoms with Crippen molar-refractivity contribution in [3.05, 3.63) is 29.8 Å². The highest BCUT2D eigenvalue weighted by atomic mass is 32.2. The molecule has 0 atom stereocenters. The second-order valence-corrected chi connectivity index (χ2v) is 7.55. The molecule has 0 unspecified atom stereocenters. The molecule has 0 aliphatic heterocycles. The van der Waals surface area contributed by atoms with Crippen LogP contribution in [-0.2, 0) is 14.8 Å². The summed E-state index contributed by atoms with van der Waals surface area (Å²) >= 11 is 0. The van der Waals surface area contributed by atoms with Gasteiger partial charge in [-0.1, -0.05) is 31.4 Å². The van der Waals surface area contributed by atoms with Crippen LogP contribution in [0.3, 0.4) is 0 Å². The van der Waals surface area contributed by atoms with E-state index < -0.39 is 10.0 Å². The largest absolute Gasteiger partial charge is 0.355 e. The lowest BCUT2D eigenvalue weighted by Gasteiger charge is -2.22. The number of nitrogens with one attached hydrogen (secondary N) is 2. The van der Waals surface area contributed by atoms with Crippen LogP contribution < -0.4 is 10.0 Å². The van der Waals surface area contributed by atoms with E-state index in [2.05, 4.69) is 10.0 Å². The molecule has 122 valence electrons. The van der Waals surface area contributed by atoms with Crippen molar-refractivity contribution in [1.29, 1.82) is 0 Å². The number of sulfonamides is 1. The van der Waals surface area contributed by atoms with Crippen LogP contribution in [0.2, 0.25) is 0 Å². The summed E-state index contributed by atoms with van der Waals surface area (Å²) in [6.45, 7) is 1.87. The second kappa shape index (κ2) is 7.74. The molecule has 1 amide bonds. The lowest BCUT2D eigenvalue weighted by Crippen LogP contribution is -2.33.